The zero-order valence-corrected chi connectivity index (χ0v) is 16.4. The summed E-state index contributed by atoms with van der Waals surface area (Å²) in [6.07, 6.45) is 0. The van der Waals surface area contributed by atoms with Crippen molar-refractivity contribution in [1.29, 1.82) is 0 Å². The highest BCUT2D eigenvalue weighted by Gasteiger charge is 2.16. The normalized spacial score (nSPS) is 12.7. The Morgan fingerprint density at radius 2 is 1.85 bits per heavy atom. The van der Waals surface area contributed by atoms with Crippen LogP contribution in [0.4, 0.5) is 0 Å². The summed E-state index contributed by atoms with van der Waals surface area (Å²) in [5, 5.41) is 11.5. The first-order valence-electron chi connectivity index (χ1n) is 8.75. The summed E-state index contributed by atoms with van der Waals surface area (Å²) in [6.45, 7) is 6.68. The van der Waals surface area contributed by atoms with Crippen LogP contribution >= 0.6 is 0 Å². The molecule has 0 saturated heterocycles. The summed E-state index contributed by atoms with van der Waals surface area (Å²) >= 11 is 0. The largest absolute Gasteiger partial charge is 0.354 e. The number of nitrogens with zero attached hydrogens (tertiary/aromatic N) is 4. The average Bonchev–Trinajstić information content (AvgIpc) is 3.06. The van der Waals surface area contributed by atoms with E-state index in [1.165, 1.54) is 0 Å². The van der Waals surface area contributed by atoms with Gasteiger partial charge in [0.15, 0.2) is 9.84 Å². The molecule has 0 saturated carbocycles. The Bertz CT molecular complexity index is 1050. The summed E-state index contributed by atoms with van der Waals surface area (Å²) in [7, 11) is -3.54. The van der Waals surface area contributed by atoms with Gasteiger partial charge in [-0.15, -0.1) is 5.10 Å². The van der Waals surface area contributed by atoms with Crippen molar-refractivity contribution in [2.45, 2.75) is 25.7 Å². The van der Waals surface area contributed by atoms with E-state index in [1.54, 1.807) is 28.9 Å². The van der Waals surface area contributed by atoms with Gasteiger partial charge in [-0.05, 0) is 37.1 Å². The molecule has 142 valence electrons. The molecule has 1 N–H and O–H groups in total. The van der Waals surface area contributed by atoms with E-state index in [0.717, 1.165) is 16.6 Å². The minimum absolute atomic E-state index is 0.253. The predicted molar refractivity (Wildman–Crippen MR) is 106 cm³/mol. The second kappa shape index (κ2) is 7.87. The Kier molecular flexibility index (Phi) is 5.55. The van der Waals surface area contributed by atoms with Crippen LogP contribution in [-0.4, -0.2) is 41.8 Å². The minimum atomic E-state index is -3.54. The molecule has 0 radical (unpaired) electrons. The van der Waals surface area contributed by atoms with Gasteiger partial charge < -0.3 is 5.32 Å². The number of sulfone groups is 1. The molecular formula is C19H23N5O2S. The van der Waals surface area contributed by atoms with Crippen LogP contribution in [0.2, 0.25) is 0 Å². The summed E-state index contributed by atoms with van der Waals surface area (Å²) < 4.78 is 26.8. The fourth-order valence-electron chi connectivity index (χ4n) is 2.48. The van der Waals surface area contributed by atoms with E-state index < -0.39 is 9.84 Å². The van der Waals surface area contributed by atoms with E-state index in [4.69, 9.17) is 0 Å². The van der Waals surface area contributed by atoms with Gasteiger partial charge in [-0.2, -0.15) is 4.68 Å². The zero-order chi connectivity index (χ0) is 19.4. The molecule has 0 fully saturated rings. The monoisotopic (exact) mass is 385 g/mol. The quantitative estimate of drug-likeness (QED) is 0.539. The van der Waals surface area contributed by atoms with E-state index in [0.29, 0.717) is 18.4 Å². The Labute approximate surface area is 159 Å². The fraction of sp³-hybridized carbons (Fsp3) is 0.316. The Morgan fingerprint density at radius 1 is 1.15 bits per heavy atom. The van der Waals surface area contributed by atoms with Gasteiger partial charge in [-0.1, -0.05) is 48.9 Å². The van der Waals surface area contributed by atoms with Gasteiger partial charge in [0.05, 0.1) is 10.4 Å². The van der Waals surface area contributed by atoms with Gasteiger partial charge in [0, 0.05) is 6.54 Å². The molecule has 1 aromatic heterocycles. The molecule has 0 bridgehead atoms. The maximum atomic E-state index is 12.6. The van der Waals surface area contributed by atoms with Crippen LogP contribution in [0.15, 0.2) is 58.4 Å². The first-order valence-corrected chi connectivity index (χ1v) is 10.4. The Morgan fingerprint density at radius 3 is 2.56 bits per heavy atom. The lowest BCUT2D eigenvalue weighted by molar-refractivity contribution is 0.594. The second-order valence-electron chi connectivity index (χ2n) is 6.80. The van der Waals surface area contributed by atoms with Crippen LogP contribution in [0.3, 0.4) is 0 Å². The van der Waals surface area contributed by atoms with Crippen LogP contribution in [0.1, 0.15) is 19.4 Å². The van der Waals surface area contributed by atoms with Gasteiger partial charge >= 0.3 is 0 Å². The van der Waals surface area contributed by atoms with Gasteiger partial charge in [0.2, 0.25) is 5.96 Å². The smallest absolute Gasteiger partial charge is 0.222 e. The van der Waals surface area contributed by atoms with Crippen molar-refractivity contribution < 1.29 is 8.42 Å². The molecule has 0 aliphatic heterocycles. The number of aryl methyl sites for hydroxylation is 1. The maximum absolute atomic E-state index is 12.6. The highest BCUT2D eigenvalue weighted by atomic mass is 32.2. The molecule has 0 aliphatic carbocycles. The van der Waals surface area contributed by atoms with Crippen LogP contribution in [0, 0.1) is 12.8 Å². The van der Waals surface area contributed by atoms with Crippen molar-refractivity contribution in [2.75, 3.05) is 12.4 Å². The van der Waals surface area contributed by atoms with Crippen molar-refractivity contribution >= 4 is 26.8 Å². The number of rotatable bonds is 5. The number of benzene rings is 2. The van der Waals surface area contributed by atoms with E-state index in [-0.39, 0.29) is 10.8 Å². The van der Waals surface area contributed by atoms with Gasteiger partial charge in [0.1, 0.15) is 11.4 Å². The molecule has 0 atom stereocenters. The van der Waals surface area contributed by atoms with Crippen molar-refractivity contribution in [3.63, 3.8) is 0 Å². The lowest BCUT2D eigenvalue weighted by Crippen LogP contribution is -2.34. The lowest BCUT2D eigenvalue weighted by Gasteiger charge is -2.12. The van der Waals surface area contributed by atoms with Gasteiger partial charge in [-0.3, -0.25) is 0 Å². The lowest BCUT2D eigenvalue weighted by atomic mass is 10.2. The molecule has 0 spiro atoms. The number of aromatic nitrogens is 3. The van der Waals surface area contributed by atoms with Crippen LogP contribution < -0.4 is 5.32 Å². The first-order chi connectivity index (χ1) is 12.9. The van der Waals surface area contributed by atoms with Crippen LogP contribution in [-0.2, 0) is 9.84 Å². The number of para-hydroxylation sites is 1. The molecule has 0 aliphatic rings. The molecule has 0 amide bonds. The molecule has 27 heavy (non-hydrogen) atoms. The zero-order valence-electron chi connectivity index (χ0n) is 15.6. The molecule has 8 heteroatoms. The second-order valence-corrected chi connectivity index (χ2v) is 8.76. The highest BCUT2D eigenvalue weighted by Crippen LogP contribution is 2.13. The molecular weight excluding hydrogens is 362 g/mol. The van der Waals surface area contributed by atoms with Crippen molar-refractivity contribution in [1.82, 2.24) is 20.3 Å². The van der Waals surface area contributed by atoms with Gasteiger partial charge in [-0.25, -0.2) is 13.4 Å². The maximum Gasteiger partial charge on any atom is 0.222 e. The van der Waals surface area contributed by atoms with E-state index in [1.807, 2.05) is 31.2 Å². The third-order valence-corrected chi connectivity index (χ3v) is 5.44. The Hall–Kier alpha value is -2.74. The number of fused-ring (bicyclic) bond motifs is 1. The molecule has 3 rings (SSSR count). The Balaban J connectivity index is 1.94. The number of hydrogen-bond acceptors (Lipinski definition) is 5. The number of hydrogen-bond donors (Lipinski definition) is 1. The molecule has 7 nitrogen and oxygen atoms in total. The van der Waals surface area contributed by atoms with Crippen LogP contribution in [0.25, 0.3) is 11.0 Å². The highest BCUT2D eigenvalue weighted by molar-refractivity contribution is 7.91. The summed E-state index contributed by atoms with van der Waals surface area (Å²) in [5.74, 6) is 0.358. The van der Waals surface area contributed by atoms with Crippen molar-refractivity contribution in [3.05, 3.63) is 54.1 Å². The number of nitrogens with one attached hydrogen (secondary N) is 1. The van der Waals surface area contributed by atoms with E-state index in [9.17, 15) is 8.42 Å². The summed E-state index contributed by atoms with van der Waals surface area (Å²) in [4.78, 5) is 4.59. The predicted octanol–water partition coefficient (Wildman–Crippen LogP) is 2.62. The molecule has 1 heterocycles. The summed E-state index contributed by atoms with van der Waals surface area (Å²) in [5.41, 5.74) is 2.49. The topological polar surface area (TPSA) is 89.2 Å². The molecule has 2 aromatic carbocycles. The average molecular weight is 385 g/mol. The molecule has 3 aromatic rings. The third kappa shape index (κ3) is 4.51. The van der Waals surface area contributed by atoms with Crippen molar-refractivity contribution in [3.8, 4) is 0 Å². The third-order valence-electron chi connectivity index (χ3n) is 3.99. The SMILES string of the molecule is Cc1ccc(S(=O)(=O)C/N=C(\NCC(C)C)n2nnc3ccccc32)cc1. The van der Waals surface area contributed by atoms with Crippen molar-refractivity contribution in [2.24, 2.45) is 10.9 Å². The van der Waals surface area contributed by atoms with E-state index in [2.05, 4.69) is 34.5 Å². The van der Waals surface area contributed by atoms with Gasteiger partial charge in [0.25, 0.3) is 0 Å². The van der Waals surface area contributed by atoms with Crippen LogP contribution in [0.5, 0.6) is 0 Å². The summed E-state index contributed by atoms with van der Waals surface area (Å²) in [6, 6.07) is 14.2. The standard InChI is InChI=1S/C19H23N5O2S/c1-14(2)12-20-19(24-18-7-5-4-6-17(18)22-23-24)21-13-27(25,26)16-10-8-15(3)9-11-16/h4-11,14H,12-13H2,1-3H3,(H,20,21). The minimum Gasteiger partial charge on any atom is -0.354 e. The van der Waals surface area contributed by atoms with E-state index >= 15 is 0 Å². The number of aliphatic imine (C=N–C) groups is 1. The fourth-order valence-corrected chi connectivity index (χ4v) is 3.48. The molecule has 0 unspecified atom stereocenters. The first kappa shape index (κ1) is 19.0.